The van der Waals surface area contributed by atoms with E-state index in [1.807, 2.05) is 6.08 Å². The molecule has 21 heavy (non-hydrogen) atoms. The van der Waals surface area contributed by atoms with Crippen LogP contribution in [0.25, 0.3) is 0 Å². The minimum atomic E-state index is -1.07. The lowest BCUT2D eigenvalue weighted by Crippen LogP contribution is -2.40. The number of hydrogen-bond acceptors (Lipinski definition) is 5. The van der Waals surface area contributed by atoms with E-state index in [9.17, 15) is 10.2 Å². The summed E-state index contributed by atoms with van der Waals surface area (Å²) < 4.78 is 10.7. The van der Waals surface area contributed by atoms with E-state index in [1.165, 1.54) is 32.1 Å². The number of unbranched alkanes of at least 4 members (excludes halogenated alkanes) is 6. The van der Waals surface area contributed by atoms with E-state index in [-0.39, 0.29) is 6.61 Å². The molecule has 4 atom stereocenters. The second-order valence-electron chi connectivity index (χ2n) is 5.64. The molecule has 0 radical (unpaired) electrons. The summed E-state index contributed by atoms with van der Waals surface area (Å²) in [7, 11) is 0. The smallest absolute Gasteiger partial charge is 0.149 e. The first kappa shape index (κ1) is 18.4. The second kappa shape index (κ2) is 11.0. The first-order valence-corrected chi connectivity index (χ1v) is 8.09. The molecule has 1 aliphatic rings. The zero-order valence-corrected chi connectivity index (χ0v) is 13.0. The van der Waals surface area contributed by atoms with Gasteiger partial charge >= 0.3 is 0 Å². The molecule has 1 aliphatic heterocycles. The van der Waals surface area contributed by atoms with E-state index in [0.29, 0.717) is 0 Å². The molecule has 1 rings (SSSR count). The topological polar surface area (TPSA) is 79.2 Å². The van der Waals surface area contributed by atoms with Crippen LogP contribution in [0.15, 0.2) is 12.3 Å². The fraction of sp³-hybridized carbons (Fsp3) is 0.875. The Morgan fingerprint density at radius 3 is 2.67 bits per heavy atom. The van der Waals surface area contributed by atoms with Crippen molar-refractivity contribution in [3.63, 3.8) is 0 Å². The van der Waals surface area contributed by atoms with Crippen LogP contribution < -0.4 is 0 Å². The maximum Gasteiger partial charge on any atom is 0.149 e. The van der Waals surface area contributed by atoms with Gasteiger partial charge < -0.3 is 24.8 Å². The average Bonchev–Trinajstić information content (AvgIpc) is 2.86. The van der Waals surface area contributed by atoms with Gasteiger partial charge in [0, 0.05) is 0 Å². The first-order chi connectivity index (χ1) is 10.2. The average molecular weight is 302 g/mol. The summed E-state index contributed by atoms with van der Waals surface area (Å²) in [6.45, 7) is 2.01. The van der Waals surface area contributed by atoms with Crippen molar-refractivity contribution in [1.29, 1.82) is 0 Å². The Hall–Kier alpha value is -0.620. The molecule has 0 saturated carbocycles. The van der Waals surface area contributed by atoms with Crippen LogP contribution in [0.5, 0.6) is 0 Å². The van der Waals surface area contributed by atoms with E-state index >= 15 is 0 Å². The van der Waals surface area contributed by atoms with Crippen LogP contribution in [0.3, 0.4) is 0 Å². The molecule has 5 heteroatoms. The molecule has 0 bridgehead atoms. The van der Waals surface area contributed by atoms with Gasteiger partial charge in [0.25, 0.3) is 0 Å². The highest BCUT2D eigenvalue weighted by Crippen LogP contribution is 2.20. The van der Waals surface area contributed by atoms with Crippen LogP contribution in [0.1, 0.15) is 51.9 Å². The quantitative estimate of drug-likeness (QED) is 0.400. The van der Waals surface area contributed by atoms with Gasteiger partial charge in [-0.05, 0) is 18.9 Å². The SMILES string of the molecule is CCCCCCCC/C=C/O[C@@H]1CO[C@@H]([C@@H](O)CO)[C@H]1O. The third-order valence-electron chi connectivity index (χ3n) is 3.81. The molecule has 0 aromatic rings. The van der Waals surface area contributed by atoms with Crippen LogP contribution in [0.4, 0.5) is 0 Å². The lowest BCUT2D eigenvalue weighted by molar-refractivity contribution is -0.0689. The summed E-state index contributed by atoms with van der Waals surface area (Å²) >= 11 is 0. The van der Waals surface area contributed by atoms with Crippen molar-refractivity contribution in [3.8, 4) is 0 Å². The molecule has 5 nitrogen and oxygen atoms in total. The molecule has 0 aromatic heterocycles. The maximum absolute atomic E-state index is 9.92. The van der Waals surface area contributed by atoms with Crippen LogP contribution in [0, 0.1) is 0 Å². The van der Waals surface area contributed by atoms with Gasteiger partial charge in [-0.2, -0.15) is 0 Å². The third kappa shape index (κ3) is 6.78. The van der Waals surface area contributed by atoms with Gasteiger partial charge in [0.1, 0.15) is 24.4 Å². The predicted octanol–water partition coefficient (Wildman–Crippen LogP) is 1.75. The van der Waals surface area contributed by atoms with Crippen LogP contribution >= 0.6 is 0 Å². The van der Waals surface area contributed by atoms with Crippen LogP contribution in [-0.2, 0) is 9.47 Å². The number of ether oxygens (including phenoxy) is 2. The Morgan fingerprint density at radius 1 is 1.24 bits per heavy atom. The zero-order valence-electron chi connectivity index (χ0n) is 13.0. The van der Waals surface area contributed by atoms with Crippen molar-refractivity contribution in [1.82, 2.24) is 0 Å². The van der Waals surface area contributed by atoms with Crippen molar-refractivity contribution in [2.75, 3.05) is 13.2 Å². The molecule has 1 saturated heterocycles. The molecule has 3 N–H and O–H groups in total. The largest absolute Gasteiger partial charge is 0.493 e. The van der Waals surface area contributed by atoms with E-state index in [1.54, 1.807) is 6.26 Å². The van der Waals surface area contributed by atoms with Crippen molar-refractivity contribution in [3.05, 3.63) is 12.3 Å². The van der Waals surface area contributed by atoms with Crippen molar-refractivity contribution < 1.29 is 24.8 Å². The zero-order chi connectivity index (χ0) is 15.5. The number of aliphatic hydroxyl groups excluding tert-OH is 3. The Bertz CT molecular complexity index is 282. The molecular formula is C16H30O5. The summed E-state index contributed by atoms with van der Waals surface area (Å²) in [4.78, 5) is 0. The number of hydrogen-bond donors (Lipinski definition) is 3. The predicted molar refractivity (Wildman–Crippen MR) is 80.8 cm³/mol. The molecule has 0 amide bonds. The highest BCUT2D eigenvalue weighted by atomic mass is 16.6. The molecule has 0 aromatic carbocycles. The highest BCUT2D eigenvalue weighted by molar-refractivity contribution is 4.90. The molecule has 0 unspecified atom stereocenters. The summed E-state index contributed by atoms with van der Waals surface area (Å²) in [6.07, 6.45) is 8.90. The van der Waals surface area contributed by atoms with E-state index < -0.39 is 31.0 Å². The van der Waals surface area contributed by atoms with Gasteiger partial charge in [-0.15, -0.1) is 0 Å². The monoisotopic (exact) mass is 302 g/mol. The lowest BCUT2D eigenvalue weighted by Gasteiger charge is -2.20. The van der Waals surface area contributed by atoms with Gasteiger partial charge in [-0.25, -0.2) is 0 Å². The summed E-state index contributed by atoms with van der Waals surface area (Å²) in [5.41, 5.74) is 0. The van der Waals surface area contributed by atoms with Crippen LogP contribution in [-0.4, -0.2) is 52.9 Å². The Balaban J connectivity index is 2.08. The molecule has 124 valence electrons. The van der Waals surface area contributed by atoms with Gasteiger partial charge in [0.2, 0.25) is 0 Å². The van der Waals surface area contributed by atoms with E-state index in [4.69, 9.17) is 14.6 Å². The van der Waals surface area contributed by atoms with Crippen molar-refractivity contribution in [2.45, 2.75) is 76.3 Å². The van der Waals surface area contributed by atoms with E-state index in [0.717, 1.165) is 12.8 Å². The molecule has 1 fully saturated rings. The highest BCUT2D eigenvalue weighted by Gasteiger charge is 2.40. The fourth-order valence-corrected chi connectivity index (χ4v) is 2.44. The lowest BCUT2D eigenvalue weighted by atomic mass is 10.1. The number of aliphatic hydroxyl groups is 3. The normalized spacial score (nSPS) is 27.3. The van der Waals surface area contributed by atoms with Gasteiger partial charge in [-0.1, -0.05) is 39.0 Å². The standard InChI is InChI=1S/C16H30O5/c1-2-3-4-5-6-7-8-9-10-20-14-12-21-16(15(14)19)13(18)11-17/h9-10,13-19H,2-8,11-12H2,1H3/b10-9+/t13-,14+,15-,16-/m0/s1. The van der Waals surface area contributed by atoms with Gasteiger partial charge in [0.15, 0.2) is 0 Å². The van der Waals surface area contributed by atoms with E-state index in [2.05, 4.69) is 6.92 Å². The molecule has 0 spiro atoms. The minimum Gasteiger partial charge on any atom is -0.493 e. The second-order valence-corrected chi connectivity index (χ2v) is 5.64. The molecular weight excluding hydrogens is 272 g/mol. The number of allylic oxidation sites excluding steroid dienone is 1. The van der Waals surface area contributed by atoms with Crippen LogP contribution in [0.2, 0.25) is 0 Å². The maximum atomic E-state index is 9.92. The Kier molecular flexibility index (Phi) is 9.67. The fourth-order valence-electron chi connectivity index (χ4n) is 2.44. The Labute approximate surface area is 127 Å². The van der Waals surface area contributed by atoms with Gasteiger partial charge in [-0.3, -0.25) is 0 Å². The third-order valence-corrected chi connectivity index (χ3v) is 3.81. The molecule has 0 aliphatic carbocycles. The molecule has 1 heterocycles. The van der Waals surface area contributed by atoms with Crippen molar-refractivity contribution in [2.24, 2.45) is 0 Å². The minimum absolute atomic E-state index is 0.226. The first-order valence-electron chi connectivity index (χ1n) is 8.09. The summed E-state index contributed by atoms with van der Waals surface area (Å²) in [5.74, 6) is 0. The summed E-state index contributed by atoms with van der Waals surface area (Å²) in [6, 6.07) is 0. The van der Waals surface area contributed by atoms with Crippen molar-refractivity contribution >= 4 is 0 Å². The summed E-state index contributed by atoms with van der Waals surface area (Å²) in [5, 5.41) is 28.2. The van der Waals surface area contributed by atoms with Gasteiger partial charge in [0.05, 0.1) is 19.5 Å². The Morgan fingerprint density at radius 2 is 1.95 bits per heavy atom. The number of rotatable bonds is 11.